The molecule has 0 bridgehead atoms. The fraction of sp³-hybridized carbons (Fsp3) is 0.308. The molecule has 0 aliphatic heterocycles. The van der Waals surface area contributed by atoms with E-state index < -0.39 is 0 Å². The molecule has 1 amide bonds. The van der Waals surface area contributed by atoms with Gasteiger partial charge in [-0.3, -0.25) is 4.79 Å². The van der Waals surface area contributed by atoms with Gasteiger partial charge in [-0.25, -0.2) is 14.6 Å². The van der Waals surface area contributed by atoms with Gasteiger partial charge >= 0.3 is 0 Å². The Labute approximate surface area is 219 Å². The van der Waals surface area contributed by atoms with Crippen LogP contribution in [0.1, 0.15) is 41.9 Å². The first kappa shape index (κ1) is 24.5. The van der Waals surface area contributed by atoms with Crippen LogP contribution in [0.5, 0.6) is 0 Å². The number of carbonyl (C=O) groups is 1. The van der Waals surface area contributed by atoms with Crippen molar-refractivity contribution < 1.29 is 9.53 Å². The summed E-state index contributed by atoms with van der Waals surface area (Å²) in [4.78, 5) is 22.0. The van der Waals surface area contributed by atoms with E-state index in [0.29, 0.717) is 27.1 Å². The van der Waals surface area contributed by atoms with Crippen molar-refractivity contribution in [3.8, 4) is 5.69 Å². The number of halogens is 2. The molecule has 2 heterocycles. The standard InChI is InChI=1S/C26H26Cl2N6O2/c1-36-15-23-32-24(20-14-29-34(25(20)33-23)22-5-3-2-4-21(22)28)30-18-10-12-19(13-11-18)31-26(35)16-6-8-17(27)9-7-16/h2-9,14,18-19H,10-13,15H2,1H3,(H,31,35)(H,30,32,33). The van der Waals surface area contributed by atoms with Gasteiger partial charge in [0.25, 0.3) is 5.91 Å². The minimum atomic E-state index is -0.0724. The highest BCUT2D eigenvalue weighted by Gasteiger charge is 2.24. The van der Waals surface area contributed by atoms with Crippen LogP contribution in [0.3, 0.4) is 0 Å². The van der Waals surface area contributed by atoms with Gasteiger partial charge in [-0.2, -0.15) is 5.10 Å². The van der Waals surface area contributed by atoms with Gasteiger partial charge < -0.3 is 15.4 Å². The first-order valence-electron chi connectivity index (χ1n) is 11.8. The summed E-state index contributed by atoms with van der Waals surface area (Å²) in [6.45, 7) is 0.280. The number of rotatable bonds is 7. The van der Waals surface area contributed by atoms with E-state index >= 15 is 0 Å². The summed E-state index contributed by atoms with van der Waals surface area (Å²) in [5.41, 5.74) is 2.03. The van der Waals surface area contributed by atoms with E-state index in [1.807, 2.05) is 24.3 Å². The number of aromatic nitrogens is 4. The Bertz CT molecular complexity index is 1370. The molecule has 0 saturated heterocycles. The Morgan fingerprint density at radius 2 is 1.75 bits per heavy atom. The smallest absolute Gasteiger partial charge is 0.251 e. The summed E-state index contributed by atoms with van der Waals surface area (Å²) in [6.07, 6.45) is 5.30. The molecule has 36 heavy (non-hydrogen) atoms. The maximum atomic E-state index is 12.6. The molecular formula is C26H26Cl2N6O2. The number of fused-ring (bicyclic) bond motifs is 1. The number of amides is 1. The molecule has 2 aromatic carbocycles. The van der Waals surface area contributed by atoms with Gasteiger partial charge in [0.2, 0.25) is 0 Å². The number of anilines is 1. The van der Waals surface area contributed by atoms with Gasteiger partial charge in [0.15, 0.2) is 11.5 Å². The second kappa shape index (κ2) is 10.8. The molecule has 1 aliphatic rings. The predicted octanol–water partition coefficient (Wildman–Crippen LogP) is 5.42. The van der Waals surface area contributed by atoms with Gasteiger partial charge in [0.05, 0.1) is 22.3 Å². The molecule has 0 atom stereocenters. The Balaban J connectivity index is 1.30. The van der Waals surface area contributed by atoms with Gasteiger partial charge in [0, 0.05) is 29.8 Å². The quantitative estimate of drug-likeness (QED) is 0.335. The molecule has 0 unspecified atom stereocenters. The molecule has 0 spiro atoms. The number of methoxy groups -OCH3 is 1. The zero-order chi connectivity index (χ0) is 25.1. The topological polar surface area (TPSA) is 94.0 Å². The summed E-state index contributed by atoms with van der Waals surface area (Å²) in [7, 11) is 1.62. The van der Waals surface area contributed by atoms with Crippen molar-refractivity contribution in [2.75, 3.05) is 12.4 Å². The zero-order valence-electron chi connectivity index (χ0n) is 19.7. The third kappa shape index (κ3) is 5.31. The van der Waals surface area contributed by atoms with Crippen molar-refractivity contribution >= 4 is 46.0 Å². The molecule has 5 rings (SSSR count). The molecule has 4 aromatic rings. The van der Waals surface area contributed by atoms with E-state index in [-0.39, 0.29) is 24.6 Å². The molecule has 8 nitrogen and oxygen atoms in total. The van der Waals surface area contributed by atoms with Crippen LogP contribution in [-0.4, -0.2) is 44.8 Å². The van der Waals surface area contributed by atoms with Crippen molar-refractivity contribution in [2.24, 2.45) is 0 Å². The van der Waals surface area contributed by atoms with Gasteiger partial charge in [0.1, 0.15) is 12.4 Å². The highest BCUT2D eigenvalue weighted by Crippen LogP contribution is 2.29. The normalized spacial score (nSPS) is 17.8. The molecular weight excluding hydrogens is 499 g/mol. The van der Waals surface area contributed by atoms with E-state index in [0.717, 1.165) is 42.6 Å². The SMILES string of the molecule is COCc1nc(NC2CCC(NC(=O)c3ccc(Cl)cc3)CC2)c2cnn(-c3ccccc3Cl)c2n1. The molecule has 0 radical (unpaired) electrons. The summed E-state index contributed by atoms with van der Waals surface area (Å²) in [5, 5.41) is 13.3. The lowest BCUT2D eigenvalue weighted by Crippen LogP contribution is -2.40. The fourth-order valence-electron chi connectivity index (χ4n) is 4.50. The van der Waals surface area contributed by atoms with E-state index in [1.54, 1.807) is 42.3 Å². The van der Waals surface area contributed by atoms with E-state index in [9.17, 15) is 4.79 Å². The van der Waals surface area contributed by atoms with Gasteiger partial charge in [-0.05, 0) is 62.1 Å². The summed E-state index contributed by atoms with van der Waals surface area (Å²) in [6, 6.07) is 14.8. The third-order valence-corrected chi connectivity index (χ3v) is 6.91. The fourth-order valence-corrected chi connectivity index (χ4v) is 4.84. The van der Waals surface area contributed by atoms with Crippen LogP contribution in [0.4, 0.5) is 5.82 Å². The number of para-hydroxylation sites is 1. The number of benzene rings is 2. The minimum Gasteiger partial charge on any atom is -0.377 e. The molecule has 2 aromatic heterocycles. The second-order valence-corrected chi connectivity index (χ2v) is 9.68. The Kier molecular flexibility index (Phi) is 7.36. The summed E-state index contributed by atoms with van der Waals surface area (Å²) < 4.78 is 7.03. The van der Waals surface area contributed by atoms with Crippen molar-refractivity contribution in [1.29, 1.82) is 0 Å². The van der Waals surface area contributed by atoms with E-state index in [4.69, 9.17) is 32.9 Å². The number of nitrogens with zero attached hydrogens (tertiary/aromatic N) is 4. The number of nitrogens with one attached hydrogen (secondary N) is 2. The Morgan fingerprint density at radius 3 is 2.47 bits per heavy atom. The Morgan fingerprint density at radius 1 is 1.03 bits per heavy atom. The van der Waals surface area contributed by atoms with Crippen LogP contribution in [-0.2, 0) is 11.3 Å². The first-order valence-corrected chi connectivity index (χ1v) is 12.6. The van der Waals surface area contributed by atoms with Crippen LogP contribution in [0.2, 0.25) is 10.0 Å². The molecule has 2 N–H and O–H groups in total. The Hall–Kier alpha value is -3.20. The van der Waals surface area contributed by atoms with Crippen LogP contribution in [0, 0.1) is 0 Å². The van der Waals surface area contributed by atoms with Crippen LogP contribution in [0.15, 0.2) is 54.7 Å². The minimum absolute atomic E-state index is 0.0724. The lowest BCUT2D eigenvalue weighted by atomic mass is 9.91. The second-order valence-electron chi connectivity index (χ2n) is 8.84. The van der Waals surface area contributed by atoms with Gasteiger partial charge in [-0.1, -0.05) is 35.3 Å². The number of carbonyl (C=O) groups excluding carboxylic acids is 1. The summed E-state index contributed by atoms with van der Waals surface area (Å²) >= 11 is 12.4. The lowest BCUT2D eigenvalue weighted by molar-refractivity contribution is 0.0926. The monoisotopic (exact) mass is 524 g/mol. The molecule has 1 fully saturated rings. The van der Waals surface area contributed by atoms with Crippen molar-refractivity contribution in [2.45, 2.75) is 44.4 Å². The lowest BCUT2D eigenvalue weighted by Gasteiger charge is -2.30. The van der Waals surface area contributed by atoms with Crippen LogP contribution in [0.25, 0.3) is 16.7 Å². The number of hydrogen-bond acceptors (Lipinski definition) is 6. The number of hydrogen-bond donors (Lipinski definition) is 2. The van der Waals surface area contributed by atoms with Crippen molar-refractivity contribution in [3.05, 3.63) is 76.2 Å². The molecule has 186 valence electrons. The van der Waals surface area contributed by atoms with E-state index in [1.165, 1.54) is 0 Å². The largest absolute Gasteiger partial charge is 0.377 e. The molecule has 10 heteroatoms. The third-order valence-electron chi connectivity index (χ3n) is 6.34. The zero-order valence-corrected chi connectivity index (χ0v) is 21.3. The van der Waals surface area contributed by atoms with Crippen LogP contribution >= 0.6 is 23.2 Å². The number of ether oxygens (including phenoxy) is 1. The highest BCUT2D eigenvalue weighted by molar-refractivity contribution is 6.32. The van der Waals surface area contributed by atoms with Crippen molar-refractivity contribution in [1.82, 2.24) is 25.1 Å². The maximum Gasteiger partial charge on any atom is 0.251 e. The average molecular weight is 525 g/mol. The predicted molar refractivity (Wildman–Crippen MR) is 141 cm³/mol. The average Bonchev–Trinajstić information content (AvgIpc) is 3.30. The summed E-state index contributed by atoms with van der Waals surface area (Å²) in [5.74, 6) is 1.21. The van der Waals surface area contributed by atoms with Crippen LogP contribution < -0.4 is 10.6 Å². The maximum absolute atomic E-state index is 12.6. The molecule has 1 aliphatic carbocycles. The van der Waals surface area contributed by atoms with Gasteiger partial charge in [-0.15, -0.1) is 0 Å². The molecule has 1 saturated carbocycles. The van der Waals surface area contributed by atoms with Crippen molar-refractivity contribution in [3.63, 3.8) is 0 Å². The first-order chi connectivity index (χ1) is 17.5. The van der Waals surface area contributed by atoms with E-state index in [2.05, 4.69) is 20.7 Å². The highest BCUT2D eigenvalue weighted by atomic mass is 35.5.